The number of nitrogens with zero attached hydrogens (tertiary/aromatic N) is 1. The average Bonchev–Trinajstić information content (AvgIpc) is 2.66. The van der Waals surface area contributed by atoms with Crippen molar-refractivity contribution in [2.45, 2.75) is 6.54 Å². The number of hydrogen-bond donors (Lipinski definition) is 2. The number of esters is 1. The molecule has 0 aliphatic carbocycles. The van der Waals surface area contributed by atoms with E-state index in [-0.39, 0.29) is 10.8 Å². The first kappa shape index (κ1) is 18.1. The summed E-state index contributed by atoms with van der Waals surface area (Å²) in [4.78, 5) is 47.9. The molecule has 27 heavy (non-hydrogen) atoms. The summed E-state index contributed by atoms with van der Waals surface area (Å²) in [5.41, 5.74) is -0.738. The predicted molar refractivity (Wildman–Crippen MR) is 94.8 cm³/mol. The van der Waals surface area contributed by atoms with E-state index in [1.807, 2.05) is 0 Å². The smallest absolute Gasteiger partial charge is 0.328 e. The molecule has 3 rings (SSSR count). The summed E-state index contributed by atoms with van der Waals surface area (Å²) in [6.45, 7) is -1.15. The number of anilines is 1. The zero-order chi connectivity index (χ0) is 19.4. The van der Waals surface area contributed by atoms with Gasteiger partial charge in [0, 0.05) is 5.69 Å². The van der Waals surface area contributed by atoms with Gasteiger partial charge in [-0.2, -0.15) is 0 Å². The lowest BCUT2D eigenvalue weighted by Crippen LogP contribution is -2.33. The topological polar surface area (TPSA) is 110 Å². The van der Waals surface area contributed by atoms with E-state index in [1.54, 1.807) is 12.1 Å². The summed E-state index contributed by atoms with van der Waals surface area (Å²) < 4.78 is 18.4. The SMILES string of the molecule is O=C(COC(=O)Cn1[nH]c(=O)c2ccccc2c1=O)Nc1ccc(F)cc1. The van der Waals surface area contributed by atoms with Crippen LogP contribution in [0.4, 0.5) is 10.1 Å². The Bertz CT molecular complexity index is 1120. The summed E-state index contributed by atoms with van der Waals surface area (Å²) in [6, 6.07) is 11.3. The summed E-state index contributed by atoms with van der Waals surface area (Å²) in [7, 11) is 0. The Labute approximate surface area is 151 Å². The number of carbonyl (C=O) groups excluding carboxylic acids is 2. The van der Waals surface area contributed by atoms with Crippen LogP contribution in [0.1, 0.15) is 0 Å². The normalized spacial score (nSPS) is 10.6. The molecule has 0 unspecified atom stereocenters. The number of aromatic amines is 1. The van der Waals surface area contributed by atoms with Gasteiger partial charge in [-0.25, -0.2) is 9.07 Å². The van der Waals surface area contributed by atoms with Crippen molar-refractivity contribution in [1.29, 1.82) is 0 Å². The first-order valence-corrected chi connectivity index (χ1v) is 7.87. The molecule has 9 heteroatoms. The fourth-order valence-electron chi connectivity index (χ4n) is 2.41. The van der Waals surface area contributed by atoms with E-state index in [9.17, 15) is 23.6 Å². The Morgan fingerprint density at radius 2 is 1.70 bits per heavy atom. The van der Waals surface area contributed by atoms with Crippen LogP contribution in [-0.2, 0) is 20.9 Å². The molecule has 3 aromatic rings. The molecule has 0 aliphatic rings. The van der Waals surface area contributed by atoms with Crippen LogP contribution in [0.3, 0.4) is 0 Å². The van der Waals surface area contributed by atoms with Crippen molar-refractivity contribution in [3.8, 4) is 0 Å². The van der Waals surface area contributed by atoms with E-state index >= 15 is 0 Å². The average molecular weight is 371 g/mol. The van der Waals surface area contributed by atoms with Gasteiger partial charge in [0.1, 0.15) is 12.4 Å². The predicted octanol–water partition coefficient (Wildman–Crippen LogP) is 1.01. The highest BCUT2D eigenvalue weighted by atomic mass is 19.1. The fourth-order valence-corrected chi connectivity index (χ4v) is 2.41. The number of rotatable bonds is 5. The molecule has 1 amide bonds. The van der Waals surface area contributed by atoms with Crippen molar-refractivity contribution >= 4 is 28.3 Å². The van der Waals surface area contributed by atoms with Crippen molar-refractivity contribution < 1.29 is 18.7 Å². The number of carbonyl (C=O) groups is 2. The van der Waals surface area contributed by atoms with E-state index in [0.717, 1.165) is 4.68 Å². The van der Waals surface area contributed by atoms with E-state index in [0.29, 0.717) is 5.69 Å². The minimum absolute atomic E-state index is 0.170. The Balaban J connectivity index is 1.62. The van der Waals surface area contributed by atoms with Gasteiger partial charge in [-0.15, -0.1) is 0 Å². The molecular weight excluding hydrogens is 357 g/mol. The molecule has 1 aromatic heterocycles. The Morgan fingerprint density at radius 3 is 2.41 bits per heavy atom. The lowest BCUT2D eigenvalue weighted by Gasteiger charge is -2.08. The van der Waals surface area contributed by atoms with E-state index in [1.165, 1.54) is 36.4 Å². The maximum absolute atomic E-state index is 12.8. The van der Waals surface area contributed by atoms with Gasteiger partial charge in [0.2, 0.25) is 0 Å². The first-order chi connectivity index (χ1) is 12.9. The number of nitrogens with one attached hydrogen (secondary N) is 2. The van der Waals surface area contributed by atoms with Crippen LogP contribution in [0.15, 0.2) is 58.1 Å². The third kappa shape index (κ3) is 4.27. The van der Waals surface area contributed by atoms with Crippen LogP contribution >= 0.6 is 0 Å². The number of ether oxygens (including phenoxy) is 1. The molecule has 138 valence electrons. The van der Waals surface area contributed by atoms with Gasteiger partial charge in [0.15, 0.2) is 6.61 Å². The molecule has 0 radical (unpaired) electrons. The van der Waals surface area contributed by atoms with Gasteiger partial charge >= 0.3 is 5.97 Å². The molecule has 2 aromatic carbocycles. The maximum Gasteiger partial charge on any atom is 0.328 e. The van der Waals surface area contributed by atoms with Crippen LogP contribution in [0, 0.1) is 5.82 Å². The Morgan fingerprint density at radius 1 is 1.04 bits per heavy atom. The molecule has 2 N–H and O–H groups in total. The fraction of sp³-hybridized carbons (Fsp3) is 0.111. The van der Waals surface area contributed by atoms with Crippen LogP contribution in [0.2, 0.25) is 0 Å². The summed E-state index contributed by atoms with van der Waals surface area (Å²) >= 11 is 0. The highest BCUT2D eigenvalue weighted by molar-refractivity contribution is 5.92. The van der Waals surface area contributed by atoms with E-state index in [2.05, 4.69) is 10.4 Å². The molecule has 0 saturated heterocycles. The Hall–Kier alpha value is -3.75. The van der Waals surface area contributed by atoms with Crippen molar-refractivity contribution in [2.75, 3.05) is 11.9 Å². The maximum atomic E-state index is 12.8. The monoisotopic (exact) mass is 371 g/mol. The van der Waals surface area contributed by atoms with Crippen molar-refractivity contribution in [3.63, 3.8) is 0 Å². The summed E-state index contributed by atoms with van der Waals surface area (Å²) in [6.07, 6.45) is 0. The minimum atomic E-state index is -0.878. The molecule has 0 saturated carbocycles. The lowest BCUT2D eigenvalue weighted by atomic mass is 10.2. The number of hydrogen-bond acceptors (Lipinski definition) is 5. The highest BCUT2D eigenvalue weighted by Crippen LogP contribution is 2.08. The van der Waals surface area contributed by atoms with Gasteiger partial charge in [-0.1, -0.05) is 12.1 Å². The number of H-pyrrole nitrogens is 1. The minimum Gasteiger partial charge on any atom is -0.454 e. The van der Waals surface area contributed by atoms with E-state index in [4.69, 9.17) is 4.74 Å². The van der Waals surface area contributed by atoms with Gasteiger partial charge in [-0.05, 0) is 36.4 Å². The number of benzene rings is 2. The van der Waals surface area contributed by atoms with Crippen LogP contribution in [-0.4, -0.2) is 28.3 Å². The Kier molecular flexibility index (Phi) is 5.11. The molecule has 1 heterocycles. The van der Waals surface area contributed by atoms with Gasteiger partial charge in [-0.3, -0.25) is 24.3 Å². The number of amides is 1. The standard InChI is InChI=1S/C18H14FN3O5/c19-11-5-7-12(8-6-11)20-15(23)10-27-16(24)9-22-18(26)14-4-2-1-3-13(14)17(25)21-22/h1-8H,9-10H2,(H,20,23)(H,21,25). The second-order valence-corrected chi connectivity index (χ2v) is 5.59. The summed E-state index contributed by atoms with van der Waals surface area (Å²) in [5, 5.41) is 5.10. The second-order valence-electron chi connectivity index (χ2n) is 5.59. The van der Waals surface area contributed by atoms with Crippen molar-refractivity contribution in [3.05, 3.63) is 75.1 Å². The van der Waals surface area contributed by atoms with Gasteiger partial charge < -0.3 is 10.1 Å². The third-order valence-electron chi connectivity index (χ3n) is 3.66. The quantitative estimate of drug-likeness (QED) is 0.651. The molecule has 0 spiro atoms. The van der Waals surface area contributed by atoms with Gasteiger partial charge in [0.05, 0.1) is 10.8 Å². The van der Waals surface area contributed by atoms with Crippen LogP contribution in [0.5, 0.6) is 0 Å². The van der Waals surface area contributed by atoms with Crippen LogP contribution in [0.25, 0.3) is 10.8 Å². The number of fused-ring (bicyclic) bond motifs is 1. The number of halogens is 1. The third-order valence-corrected chi connectivity index (χ3v) is 3.66. The molecule has 0 fully saturated rings. The molecule has 0 bridgehead atoms. The van der Waals surface area contributed by atoms with Crippen LogP contribution < -0.4 is 16.4 Å². The van der Waals surface area contributed by atoms with Crippen molar-refractivity contribution in [2.24, 2.45) is 0 Å². The zero-order valence-electron chi connectivity index (χ0n) is 13.9. The first-order valence-electron chi connectivity index (χ1n) is 7.87. The summed E-state index contributed by atoms with van der Waals surface area (Å²) in [5.74, 6) is -1.96. The van der Waals surface area contributed by atoms with Gasteiger partial charge in [0.25, 0.3) is 17.0 Å². The highest BCUT2D eigenvalue weighted by Gasteiger charge is 2.12. The second kappa shape index (κ2) is 7.65. The molecule has 8 nitrogen and oxygen atoms in total. The molecular formula is C18H14FN3O5. The van der Waals surface area contributed by atoms with E-state index < -0.39 is 42.0 Å². The zero-order valence-corrected chi connectivity index (χ0v) is 13.9. The van der Waals surface area contributed by atoms with Crippen molar-refractivity contribution in [1.82, 2.24) is 9.78 Å². The molecule has 0 atom stereocenters. The largest absolute Gasteiger partial charge is 0.454 e. The lowest BCUT2D eigenvalue weighted by molar-refractivity contribution is -0.148. The number of aromatic nitrogens is 2. The molecule has 0 aliphatic heterocycles.